The Kier molecular flexibility index (Phi) is 6.26. The third kappa shape index (κ3) is 4.52. The lowest BCUT2D eigenvalue weighted by Gasteiger charge is -2.14. The molecular weight excluding hydrogens is 396 g/mol. The van der Waals surface area contributed by atoms with Crippen molar-refractivity contribution >= 4 is 23.1 Å². The van der Waals surface area contributed by atoms with E-state index in [1.165, 1.54) is 5.01 Å². The van der Waals surface area contributed by atoms with Gasteiger partial charge in [-0.2, -0.15) is 10.1 Å². The van der Waals surface area contributed by atoms with Crippen molar-refractivity contribution in [3.63, 3.8) is 0 Å². The summed E-state index contributed by atoms with van der Waals surface area (Å²) in [5.41, 5.74) is 5.03. The Morgan fingerprint density at radius 2 is 1.59 bits per heavy atom. The zero-order valence-electron chi connectivity index (χ0n) is 18.5. The summed E-state index contributed by atoms with van der Waals surface area (Å²) < 4.78 is 0. The Labute approximate surface area is 188 Å². The van der Waals surface area contributed by atoms with Crippen LogP contribution in [-0.2, 0) is 4.79 Å². The predicted molar refractivity (Wildman–Crippen MR) is 130 cm³/mol. The van der Waals surface area contributed by atoms with Crippen molar-refractivity contribution in [3.8, 4) is 0 Å². The van der Waals surface area contributed by atoms with E-state index in [4.69, 9.17) is 0 Å². The molecule has 1 N–H and O–H groups in total. The Hall–Kier alpha value is -3.99. The molecule has 0 aromatic heterocycles. The molecule has 160 valence electrons. The predicted octanol–water partition coefficient (Wildman–Crippen LogP) is 5.53. The molecule has 0 aliphatic carbocycles. The van der Waals surface area contributed by atoms with Gasteiger partial charge in [-0.05, 0) is 38.0 Å². The van der Waals surface area contributed by atoms with Crippen LogP contribution in [-0.4, -0.2) is 22.5 Å². The first kappa shape index (κ1) is 21.2. The first-order chi connectivity index (χ1) is 15.5. The number of aryl methyl sites for hydroxylation is 1. The summed E-state index contributed by atoms with van der Waals surface area (Å²) in [7, 11) is 0. The fourth-order valence-corrected chi connectivity index (χ4v) is 3.53. The van der Waals surface area contributed by atoms with Gasteiger partial charge in [0.2, 0.25) is 0 Å². The van der Waals surface area contributed by atoms with Crippen LogP contribution in [0.15, 0.2) is 107 Å². The number of aliphatic imine (C=N–C) groups is 1. The van der Waals surface area contributed by atoms with Gasteiger partial charge in [0.15, 0.2) is 0 Å². The average molecular weight is 423 g/mol. The van der Waals surface area contributed by atoms with E-state index in [2.05, 4.69) is 34.5 Å². The quantitative estimate of drug-likeness (QED) is 0.334. The Bertz CT molecular complexity index is 1200. The number of carbonyl (C=O) groups excluding carboxylic acids is 1. The van der Waals surface area contributed by atoms with Crippen molar-refractivity contribution in [1.29, 1.82) is 0 Å². The second-order valence-electron chi connectivity index (χ2n) is 7.73. The zero-order chi connectivity index (χ0) is 22.5. The second-order valence-corrected chi connectivity index (χ2v) is 7.73. The number of amidine groups is 1. The fourth-order valence-electron chi connectivity index (χ4n) is 3.53. The molecule has 1 aliphatic heterocycles. The van der Waals surface area contributed by atoms with Crippen molar-refractivity contribution in [2.45, 2.75) is 26.8 Å². The Balaban J connectivity index is 1.67. The molecule has 4 rings (SSSR count). The number of nitrogens with one attached hydrogen (secondary N) is 1. The van der Waals surface area contributed by atoms with Crippen molar-refractivity contribution in [3.05, 3.63) is 113 Å². The van der Waals surface area contributed by atoms with Gasteiger partial charge in [0.1, 0.15) is 11.5 Å². The number of benzene rings is 3. The molecule has 5 heteroatoms. The Morgan fingerprint density at radius 3 is 2.28 bits per heavy atom. The highest BCUT2D eigenvalue weighted by Gasteiger charge is 2.32. The van der Waals surface area contributed by atoms with E-state index in [0.29, 0.717) is 17.1 Å². The van der Waals surface area contributed by atoms with Gasteiger partial charge in [-0.1, -0.05) is 78.9 Å². The van der Waals surface area contributed by atoms with E-state index in [1.54, 1.807) is 13.1 Å². The van der Waals surface area contributed by atoms with Crippen LogP contribution in [0.3, 0.4) is 0 Å². The number of nitrogens with zero attached hydrogens (tertiary/aromatic N) is 3. The first-order valence-corrected chi connectivity index (χ1v) is 10.7. The van der Waals surface area contributed by atoms with Gasteiger partial charge < -0.3 is 5.32 Å². The normalized spacial score (nSPS) is 16.3. The SMILES string of the molecule is C/C(=N\c1ccccc1C)N1N=C(c2ccccc2)/C(=C\NC(C)c2ccccc2)C1=O. The van der Waals surface area contributed by atoms with Crippen LogP contribution < -0.4 is 5.32 Å². The van der Waals surface area contributed by atoms with Gasteiger partial charge in [-0.3, -0.25) is 4.79 Å². The van der Waals surface area contributed by atoms with Crippen LogP contribution in [0, 0.1) is 6.92 Å². The number of carbonyl (C=O) groups is 1. The molecule has 0 radical (unpaired) electrons. The molecule has 0 saturated heterocycles. The molecule has 0 spiro atoms. The number of hydrogen-bond acceptors (Lipinski definition) is 4. The summed E-state index contributed by atoms with van der Waals surface area (Å²) in [5, 5.41) is 9.40. The van der Waals surface area contributed by atoms with Crippen molar-refractivity contribution in [2.24, 2.45) is 10.1 Å². The molecular formula is C27H26N4O. The first-order valence-electron chi connectivity index (χ1n) is 10.7. The number of amides is 1. The maximum Gasteiger partial charge on any atom is 0.283 e. The van der Waals surface area contributed by atoms with Crippen LogP contribution in [0.5, 0.6) is 0 Å². The zero-order valence-corrected chi connectivity index (χ0v) is 18.5. The molecule has 32 heavy (non-hydrogen) atoms. The molecule has 0 saturated carbocycles. The molecule has 1 unspecified atom stereocenters. The summed E-state index contributed by atoms with van der Waals surface area (Å²) in [6.45, 7) is 5.87. The van der Waals surface area contributed by atoms with Gasteiger partial charge in [-0.25, -0.2) is 4.99 Å². The van der Waals surface area contributed by atoms with Crippen molar-refractivity contribution < 1.29 is 4.79 Å². The standard InChI is InChI=1S/C27H26N4O/c1-19-12-10-11-17-25(19)29-21(3)31-27(32)24(26(30-31)23-15-8-5-9-16-23)18-28-20(2)22-13-6-4-7-14-22/h4-18,20,28H,1-3H3/b24-18+,29-21+. The number of para-hydroxylation sites is 1. The van der Waals surface area contributed by atoms with Crippen molar-refractivity contribution in [2.75, 3.05) is 0 Å². The lowest BCUT2D eigenvalue weighted by Crippen LogP contribution is -2.28. The van der Waals surface area contributed by atoms with Crippen LogP contribution in [0.25, 0.3) is 0 Å². The molecule has 5 nitrogen and oxygen atoms in total. The smallest absolute Gasteiger partial charge is 0.283 e. The molecule has 0 bridgehead atoms. The van der Waals surface area contributed by atoms with Gasteiger partial charge in [0.25, 0.3) is 5.91 Å². The van der Waals surface area contributed by atoms with E-state index in [9.17, 15) is 4.79 Å². The third-order valence-electron chi connectivity index (χ3n) is 5.41. The van der Waals surface area contributed by atoms with Gasteiger partial charge in [0, 0.05) is 17.8 Å². The average Bonchev–Trinajstić information content (AvgIpc) is 3.16. The summed E-state index contributed by atoms with van der Waals surface area (Å²) in [6.07, 6.45) is 1.77. The van der Waals surface area contributed by atoms with Gasteiger partial charge >= 0.3 is 0 Å². The molecule has 1 atom stereocenters. The Morgan fingerprint density at radius 1 is 0.969 bits per heavy atom. The summed E-state index contributed by atoms with van der Waals surface area (Å²) >= 11 is 0. The summed E-state index contributed by atoms with van der Waals surface area (Å²) in [5.74, 6) is 0.323. The molecule has 3 aromatic carbocycles. The number of rotatable bonds is 5. The molecule has 0 fully saturated rings. The van der Waals surface area contributed by atoms with Crippen LogP contribution >= 0.6 is 0 Å². The number of hydrogen-bond donors (Lipinski definition) is 1. The van der Waals surface area contributed by atoms with Crippen LogP contribution in [0.1, 0.15) is 36.6 Å². The monoisotopic (exact) mass is 422 g/mol. The molecule has 1 aliphatic rings. The highest BCUT2D eigenvalue weighted by atomic mass is 16.2. The van der Waals surface area contributed by atoms with Crippen LogP contribution in [0.2, 0.25) is 0 Å². The van der Waals surface area contributed by atoms with Crippen LogP contribution in [0.4, 0.5) is 5.69 Å². The molecule has 1 heterocycles. The van der Waals surface area contributed by atoms with E-state index >= 15 is 0 Å². The highest BCUT2D eigenvalue weighted by Crippen LogP contribution is 2.24. The van der Waals surface area contributed by atoms with Gasteiger partial charge in [-0.15, -0.1) is 0 Å². The summed E-state index contributed by atoms with van der Waals surface area (Å²) in [4.78, 5) is 18.0. The third-order valence-corrected chi connectivity index (χ3v) is 5.41. The van der Waals surface area contributed by atoms with E-state index in [-0.39, 0.29) is 11.9 Å². The van der Waals surface area contributed by atoms with E-state index < -0.39 is 0 Å². The topological polar surface area (TPSA) is 57.1 Å². The minimum atomic E-state index is -0.202. The van der Waals surface area contributed by atoms with E-state index in [0.717, 1.165) is 22.4 Å². The fraction of sp³-hybridized carbons (Fsp3) is 0.148. The second kappa shape index (κ2) is 9.43. The maximum absolute atomic E-state index is 13.4. The van der Waals surface area contributed by atoms with Gasteiger partial charge in [0.05, 0.1) is 11.3 Å². The minimum Gasteiger partial charge on any atom is -0.384 e. The largest absolute Gasteiger partial charge is 0.384 e. The molecule has 1 amide bonds. The lowest BCUT2D eigenvalue weighted by molar-refractivity contribution is -0.122. The minimum absolute atomic E-state index is 0.0457. The lowest BCUT2D eigenvalue weighted by atomic mass is 10.0. The number of hydrazone groups is 1. The molecule has 3 aromatic rings. The summed E-state index contributed by atoms with van der Waals surface area (Å²) in [6, 6.07) is 27.7. The van der Waals surface area contributed by atoms with Crippen molar-refractivity contribution in [1.82, 2.24) is 10.3 Å². The van der Waals surface area contributed by atoms with E-state index in [1.807, 2.05) is 79.7 Å². The highest BCUT2D eigenvalue weighted by molar-refractivity contribution is 6.33. The maximum atomic E-state index is 13.4.